The molecule has 0 bridgehead atoms. The van der Waals surface area contributed by atoms with Gasteiger partial charge in [0.2, 0.25) is 10.0 Å². The van der Waals surface area contributed by atoms with Crippen LogP contribution in [-0.4, -0.2) is 48.7 Å². The number of aromatic amines is 1. The van der Waals surface area contributed by atoms with E-state index in [0.717, 1.165) is 39.2 Å². The number of sulfonamides is 1. The summed E-state index contributed by atoms with van der Waals surface area (Å²) in [6.45, 7) is 7.81. The molecule has 4 aromatic rings. The molecule has 0 atom stereocenters. The summed E-state index contributed by atoms with van der Waals surface area (Å²) in [7, 11) is -2.17. The zero-order valence-corrected chi connectivity index (χ0v) is 25.4. The molecule has 0 saturated carbocycles. The Balaban J connectivity index is 1.39. The van der Waals surface area contributed by atoms with E-state index in [1.807, 2.05) is 75.7 Å². The van der Waals surface area contributed by atoms with Gasteiger partial charge < -0.3 is 19.6 Å². The van der Waals surface area contributed by atoms with Crippen molar-refractivity contribution in [1.82, 2.24) is 19.6 Å². The van der Waals surface area contributed by atoms with Crippen molar-refractivity contribution < 1.29 is 22.7 Å². The maximum Gasteiger partial charge on any atom is 0.281 e. The molecule has 0 spiro atoms. The fourth-order valence-electron chi connectivity index (χ4n) is 4.80. The zero-order chi connectivity index (χ0) is 29.9. The number of hydrogen-bond donors (Lipinski definition) is 3. The number of carbonyl (C=O) groups is 2. The number of benzene rings is 2. The molecule has 11 heteroatoms. The molecule has 9 nitrogen and oxygen atoms in total. The first-order chi connectivity index (χ1) is 19.4. The van der Waals surface area contributed by atoms with Crippen LogP contribution in [0.5, 0.6) is 5.75 Å². The van der Waals surface area contributed by atoms with Gasteiger partial charge in [-0.3, -0.25) is 9.59 Å². The van der Waals surface area contributed by atoms with Gasteiger partial charge in [0.25, 0.3) is 11.8 Å². The summed E-state index contributed by atoms with van der Waals surface area (Å²) in [6, 6.07) is 13.0. The van der Waals surface area contributed by atoms with Crippen molar-refractivity contribution in [2.24, 2.45) is 7.05 Å². The molecule has 2 aromatic carbocycles. The van der Waals surface area contributed by atoms with Crippen LogP contribution in [0, 0.1) is 27.7 Å². The molecule has 0 fully saturated rings. The van der Waals surface area contributed by atoms with Crippen molar-refractivity contribution >= 4 is 44.3 Å². The quantitative estimate of drug-likeness (QED) is 0.212. The van der Waals surface area contributed by atoms with E-state index in [1.54, 1.807) is 6.07 Å². The molecule has 0 aliphatic heterocycles. The molecule has 218 valence electrons. The number of aromatic nitrogens is 2. The standard InChI is InChI=1S/C30H35ClN4O5S/c1-18-15-22(16-19(2)27(18)31)40-13-8-10-24-23-9-6-7-11-26(23)33-28(24)30(37)34-41(38,39)14-12-32-29(36)25-17-20(3)35(5)21(25)4/h6-7,9,11,15-17,33H,8,10,12-14H2,1-5H3,(H,32,36)(H,34,37). The van der Waals surface area contributed by atoms with Crippen LogP contribution >= 0.6 is 11.6 Å². The van der Waals surface area contributed by atoms with Gasteiger partial charge in [0.15, 0.2) is 0 Å². The van der Waals surface area contributed by atoms with Crippen LogP contribution in [0.4, 0.5) is 0 Å². The van der Waals surface area contributed by atoms with Crippen LogP contribution in [0.1, 0.15) is 55.3 Å². The topological polar surface area (TPSA) is 122 Å². The number of rotatable bonds is 11. The van der Waals surface area contributed by atoms with Crippen LogP contribution in [0.3, 0.4) is 0 Å². The van der Waals surface area contributed by atoms with Crippen molar-refractivity contribution in [3.05, 3.63) is 86.8 Å². The smallest absolute Gasteiger partial charge is 0.281 e. The Morgan fingerprint density at radius 1 is 1.02 bits per heavy atom. The van der Waals surface area contributed by atoms with Gasteiger partial charge in [-0.15, -0.1) is 0 Å². The van der Waals surface area contributed by atoms with E-state index in [4.69, 9.17) is 16.3 Å². The van der Waals surface area contributed by atoms with Gasteiger partial charge in [0, 0.05) is 40.9 Å². The number of aryl methyl sites for hydroxylation is 4. The molecule has 0 radical (unpaired) electrons. The SMILES string of the molecule is Cc1cc(OCCCc2c(C(=O)NS(=O)(=O)CCNC(=O)c3cc(C)n(C)c3C)[nH]c3ccccc23)cc(C)c1Cl. The third-order valence-electron chi connectivity index (χ3n) is 7.21. The largest absolute Gasteiger partial charge is 0.494 e. The normalized spacial score (nSPS) is 11.6. The number of fused-ring (bicyclic) bond motifs is 1. The van der Waals surface area contributed by atoms with Crippen molar-refractivity contribution in [2.45, 2.75) is 40.5 Å². The predicted molar refractivity (Wildman–Crippen MR) is 162 cm³/mol. The number of ether oxygens (including phenoxy) is 1. The van der Waals surface area contributed by atoms with E-state index < -0.39 is 21.7 Å². The van der Waals surface area contributed by atoms with E-state index in [1.165, 1.54) is 0 Å². The average Bonchev–Trinajstić information content (AvgIpc) is 3.41. The molecular formula is C30H35ClN4O5S. The molecule has 0 unspecified atom stereocenters. The first kappa shape index (κ1) is 30.2. The molecule has 0 aliphatic rings. The highest BCUT2D eigenvalue weighted by molar-refractivity contribution is 7.90. The van der Waals surface area contributed by atoms with Gasteiger partial charge in [-0.1, -0.05) is 29.8 Å². The second-order valence-electron chi connectivity index (χ2n) is 10.2. The van der Waals surface area contributed by atoms with Crippen LogP contribution in [-0.2, 0) is 23.5 Å². The number of H-pyrrole nitrogens is 1. The highest BCUT2D eigenvalue weighted by Gasteiger charge is 2.23. The average molecular weight is 599 g/mol. The van der Waals surface area contributed by atoms with Crippen molar-refractivity contribution in [2.75, 3.05) is 18.9 Å². The minimum absolute atomic E-state index is 0.143. The summed E-state index contributed by atoms with van der Waals surface area (Å²) >= 11 is 6.25. The number of nitrogens with one attached hydrogen (secondary N) is 3. The van der Waals surface area contributed by atoms with Gasteiger partial charge in [0.05, 0.1) is 17.9 Å². The monoisotopic (exact) mass is 598 g/mol. The van der Waals surface area contributed by atoms with Gasteiger partial charge in [-0.2, -0.15) is 0 Å². The lowest BCUT2D eigenvalue weighted by atomic mass is 10.1. The van der Waals surface area contributed by atoms with Crippen molar-refractivity contribution in [1.29, 1.82) is 0 Å². The Bertz CT molecular complexity index is 1700. The minimum Gasteiger partial charge on any atom is -0.494 e. The second-order valence-corrected chi connectivity index (χ2v) is 12.4. The molecular weight excluding hydrogens is 564 g/mol. The van der Waals surface area contributed by atoms with E-state index in [0.29, 0.717) is 35.6 Å². The Morgan fingerprint density at radius 3 is 2.37 bits per heavy atom. The number of hydrogen-bond acceptors (Lipinski definition) is 5. The van der Waals surface area contributed by atoms with E-state index in [2.05, 4.69) is 15.0 Å². The van der Waals surface area contributed by atoms with Gasteiger partial charge >= 0.3 is 0 Å². The number of carbonyl (C=O) groups excluding carboxylic acids is 2. The lowest BCUT2D eigenvalue weighted by molar-refractivity contribution is 0.0954. The Morgan fingerprint density at radius 2 is 1.71 bits per heavy atom. The lowest BCUT2D eigenvalue weighted by Gasteiger charge is -2.11. The summed E-state index contributed by atoms with van der Waals surface area (Å²) in [4.78, 5) is 28.8. The maximum absolute atomic E-state index is 13.2. The first-order valence-electron chi connectivity index (χ1n) is 13.3. The van der Waals surface area contributed by atoms with Crippen LogP contribution in [0.15, 0.2) is 42.5 Å². The molecule has 41 heavy (non-hydrogen) atoms. The fraction of sp³-hybridized carbons (Fsp3) is 0.333. The van der Waals surface area contributed by atoms with Gasteiger partial charge in [-0.05, 0) is 81.5 Å². The Labute approximate surface area is 245 Å². The Kier molecular flexibility index (Phi) is 9.14. The van der Waals surface area contributed by atoms with Crippen molar-refractivity contribution in [3.8, 4) is 5.75 Å². The first-order valence-corrected chi connectivity index (χ1v) is 15.4. The zero-order valence-electron chi connectivity index (χ0n) is 23.9. The number of para-hydroxylation sites is 1. The van der Waals surface area contributed by atoms with E-state index in [9.17, 15) is 18.0 Å². The van der Waals surface area contributed by atoms with E-state index in [-0.39, 0.29) is 18.1 Å². The van der Waals surface area contributed by atoms with Crippen molar-refractivity contribution in [3.63, 3.8) is 0 Å². The van der Waals surface area contributed by atoms with Gasteiger partial charge in [-0.25, -0.2) is 13.1 Å². The van der Waals surface area contributed by atoms with Crippen LogP contribution in [0.2, 0.25) is 5.02 Å². The number of nitrogens with zero attached hydrogens (tertiary/aromatic N) is 1. The van der Waals surface area contributed by atoms with E-state index >= 15 is 0 Å². The number of amides is 2. The van der Waals surface area contributed by atoms with Crippen LogP contribution < -0.4 is 14.8 Å². The Hall–Kier alpha value is -3.76. The van der Waals surface area contributed by atoms with Gasteiger partial charge in [0.1, 0.15) is 11.4 Å². The lowest BCUT2D eigenvalue weighted by Crippen LogP contribution is -2.38. The molecule has 4 rings (SSSR count). The summed E-state index contributed by atoms with van der Waals surface area (Å²) in [5, 5.41) is 4.18. The fourth-order valence-corrected chi connectivity index (χ4v) is 5.77. The molecule has 2 amide bonds. The summed E-state index contributed by atoms with van der Waals surface area (Å²) < 4.78 is 35.5. The maximum atomic E-state index is 13.2. The molecule has 0 aliphatic carbocycles. The predicted octanol–water partition coefficient (Wildman–Crippen LogP) is 4.89. The second kappa shape index (κ2) is 12.4. The minimum atomic E-state index is -4.02. The summed E-state index contributed by atoms with van der Waals surface area (Å²) in [6.07, 6.45) is 1.09. The molecule has 0 saturated heterocycles. The van der Waals surface area contributed by atoms with Crippen LogP contribution in [0.25, 0.3) is 10.9 Å². The third-order valence-corrected chi connectivity index (χ3v) is 9.05. The summed E-state index contributed by atoms with van der Waals surface area (Å²) in [5.74, 6) is -0.839. The molecule has 2 aromatic heterocycles. The highest BCUT2D eigenvalue weighted by atomic mass is 35.5. The summed E-state index contributed by atoms with van der Waals surface area (Å²) in [5.41, 5.74) is 5.69. The third kappa shape index (κ3) is 6.94. The molecule has 2 heterocycles. The highest BCUT2D eigenvalue weighted by Crippen LogP contribution is 2.27. The number of halogens is 1. The molecule has 3 N–H and O–H groups in total.